The van der Waals surface area contributed by atoms with Crippen LogP contribution in [-0.4, -0.2) is 19.9 Å². The summed E-state index contributed by atoms with van der Waals surface area (Å²) in [5, 5.41) is 1.50. The number of rotatable bonds is 4. The lowest BCUT2D eigenvalue weighted by Gasteiger charge is -2.23. The van der Waals surface area contributed by atoms with Crippen molar-refractivity contribution in [2.75, 3.05) is 23.9 Å². The normalized spacial score (nSPS) is 23.6. The van der Waals surface area contributed by atoms with Crippen LogP contribution in [0.1, 0.15) is 51.7 Å². The van der Waals surface area contributed by atoms with Crippen LogP contribution in [0, 0.1) is 0 Å². The van der Waals surface area contributed by atoms with Gasteiger partial charge in [0.15, 0.2) is 5.78 Å². The van der Waals surface area contributed by atoms with Gasteiger partial charge in [0.25, 0.3) is 0 Å². The molecule has 40 heavy (non-hydrogen) atoms. The van der Waals surface area contributed by atoms with Gasteiger partial charge in [-0.05, 0) is 72.5 Å². The van der Waals surface area contributed by atoms with Crippen LogP contribution in [0.4, 0.5) is 11.4 Å². The molecule has 2 heterocycles. The van der Waals surface area contributed by atoms with Gasteiger partial charge < -0.3 is 9.80 Å². The van der Waals surface area contributed by atoms with E-state index in [4.69, 9.17) is 23.2 Å². The lowest BCUT2D eigenvalue weighted by Crippen LogP contribution is -2.22. The number of hydrogen-bond donors (Lipinski definition) is 0. The summed E-state index contributed by atoms with van der Waals surface area (Å²) in [6.45, 7) is 8.85. The van der Waals surface area contributed by atoms with Gasteiger partial charge in [-0.3, -0.25) is 4.79 Å². The summed E-state index contributed by atoms with van der Waals surface area (Å²) in [6.07, 6.45) is 17.7. The van der Waals surface area contributed by atoms with E-state index < -0.39 is 0 Å². The average Bonchev–Trinajstić information content (AvgIpc) is 3.41. The Morgan fingerprint density at radius 2 is 1.02 bits per heavy atom. The van der Waals surface area contributed by atoms with E-state index in [0.717, 1.165) is 34.0 Å². The van der Waals surface area contributed by atoms with Gasteiger partial charge in [0, 0.05) is 68.9 Å². The molecule has 0 bridgehead atoms. The molecule has 0 aromatic heterocycles. The summed E-state index contributed by atoms with van der Waals surface area (Å²) in [5.41, 5.74) is 8.60. The predicted molar refractivity (Wildman–Crippen MR) is 171 cm³/mol. The number of halogens is 2. The molecule has 2 aliphatic heterocycles. The van der Waals surface area contributed by atoms with Gasteiger partial charge in [-0.15, -0.1) is 0 Å². The van der Waals surface area contributed by atoms with Gasteiger partial charge in [0.05, 0.1) is 0 Å². The van der Waals surface area contributed by atoms with Crippen LogP contribution < -0.4 is 9.80 Å². The Bertz CT molecular complexity index is 1450. The molecule has 206 valence electrons. The first-order valence-electron chi connectivity index (χ1n) is 13.7. The third-order valence-corrected chi connectivity index (χ3v) is 9.03. The van der Waals surface area contributed by atoms with Crippen molar-refractivity contribution in [1.29, 1.82) is 0 Å². The molecular formula is C35H36Cl2N2O. The first-order valence-corrected chi connectivity index (χ1v) is 14.5. The van der Waals surface area contributed by atoms with E-state index in [9.17, 15) is 4.79 Å². The molecule has 3 aliphatic rings. The molecular weight excluding hydrogens is 535 g/mol. The molecule has 0 radical (unpaired) electrons. The minimum atomic E-state index is -0.147. The summed E-state index contributed by atoms with van der Waals surface area (Å²) in [5.74, 6) is 0.135. The molecule has 1 aliphatic carbocycles. The van der Waals surface area contributed by atoms with Crippen molar-refractivity contribution < 1.29 is 4.79 Å². The van der Waals surface area contributed by atoms with Crippen molar-refractivity contribution >= 4 is 40.4 Å². The summed E-state index contributed by atoms with van der Waals surface area (Å²) < 4.78 is 0. The Balaban J connectivity index is 1.26. The fraction of sp³-hybridized carbons (Fsp3) is 0.286. The highest BCUT2D eigenvalue weighted by Gasteiger charge is 2.39. The lowest BCUT2D eigenvalue weighted by atomic mass is 9.84. The van der Waals surface area contributed by atoms with Gasteiger partial charge in [-0.25, -0.2) is 0 Å². The minimum absolute atomic E-state index is 0.135. The summed E-state index contributed by atoms with van der Waals surface area (Å²) >= 11 is 12.5. The number of carbonyl (C=O) groups is 1. The highest BCUT2D eigenvalue weighted by molar-refractivity contribution is 6.31. The van der Waals surface area contributed by atoms with E-state index in [-0.39, 0.29) is 16.6 Å². The number of likely N-dealkylation sites (N-methyl/N-ethyl adjacent to an activating group) is 2. The van der Waals surface area contributed by atoms with E-state index in [1.165, 1.54) is 33.9 Å². The number of Topliss-reactive ketones (excluding diaryl/α,β-unsaturated/α-hetero) is 1. The Labute approximate surface area is 248 Å². The van der Waals surface area contributed by atoms with E-state index in [0.29, 0.717) is 0 Å². The maximum absolute atomic E-state index is 13.0. The number of nitrogens with zero attached hydrogens (tertiary/aromatic N) is 2. The number of hydrogen-bond acceptors (Lipinski definition) is 3. The van der Waals surface area contributed by atoms with Crippen molar-refractivity contribution in [2.45, 2.75) is 51.4 Å². The molecule has 5 rings (SSSR count). The van der Waals surface area contributed by atoms with Crippen molar-refractivity contribution in [2.24, 2.45) is 0 Å². The number of fused-ring (bicyclic) bond motifs is 2. The molecule has 2 aromatic rings. The molecule has 0 saturated heterocycles. The van der Waals surface area contributed by atoms with Crippen LogP contribution in [0.15, 0.2) is 108 Å². The monoisotopic (exact) mass is 570 g/mol. The largest absolute Gasteiger partial charge is 0.347 e. The molecule has 1 fully saturated rings. The SMILES string of the molecule is CN1/C(=C/C=C/C=C2\CC\C(=C/C=C/C=C3/N(C)c4ccc(Cl)cc4C3(C)C)C2=O)C(C)(C)c2cc(Cl)ccc21. The lowest BCUT2D eigenvalue weighted by molar-refractivity contribution is -0.111. The Kier molecular flexibility index (Phi) is 7.50. The van der Waals surface area contributed by atoms with Crippen molar-refractivity contribution in [3.63, 3.8) is 0 Å². The number of ketones is 1. The summed E-state index contributed by atoms with van der Waals surface area (Å²) in [7, 11) is 4.17. The molecule has 0 atom stereocenters. The molecule has 5 heteroatoms. The number of anilines is 2. The van der Waals surface area contributed by atoms with Crippen molar-refractivity contribution in [3.05, 3.63) is 129 Å². The molecule has 3 nitrogen and oxygen atoms in total. The van der Waals surface area contributed by atoms with E-state index in [2.05, 4.69) is 88.0 Å². The standard InChI is InChI=1S/C35H36Cl2N2O/c1-34(2)27-21-25(36)17-19-29(27)38(5)31(34)13-9-7-11-23-15-16-24(33(23)40)12-8-10-14-32-35(3,4)28-22-26(37)18-20-30(28)39(32)6/h7-14,17-22H,15-16H2,1-6H3/b9-7+,10-8+,23-11+,24-12+,31-13+,32-14+. The van der Waals surface area contributed by atoms with Crippen LogP contribution in [0.5, 0.6) is 0 Å². The number of carbonyl (C=O) groups excluding carboxylic acids is 1. The zero-order valence-corrected chi connectivity index (χ0v) is 25.6. The van der Waals surface area contributed by atoms with Gasteiger partial charge >= 0.3 is 0 Å². The molecule has 0 N–H and O–H groups in total. The molecule has 1 saturated carbocycles. The predicted octanol–water partition coefficient (Wildman–Crippen LogP) is 9.24. The quantitative estimate of drug-likeness (QED) is 0.342. The highest BCUT2D eigenvalue weighted by atomic mass is 35.5. The minimum Gasteiger partial charge on any atom is -0.347 e. The summed E-state index contributed by atoms with van der Waals surface area (Å²) in [6, 6.07) is 12.1. The molecule has 0 amide bonds. The summed E-state index contributed by atoms with van der Waals surface area (Å²) in [4.78, 5) is 17.4. The van der Waals surface area contributed by atoms with E-state index >= 15 is 0 Å². The molecule has 0 spiro atoms. The van der Waals surface area contributed by atoms with Crippen molar-refractivity contribution in [3.8, 4) is 0 Å². The fourth-order valence-electron chi connectivity index (χ4n) is 6.27. The van der Waals surface area contributed by atoms with E-state index in [1.807, 2.05) is 48.6 Å². The molecule has 2 aromatic carbocycles. The van der Waals surface area contributed by atoms with Gasteiger partial charge in [-0.1, -0.05) is 87.4 Å². The third kappa shape index (κ3) is 4.91. The van der Waals surface area contributed by atoms with Crippen LogP contribution in [-0.2, 0) is 15.6 Å². The fourth-order valence-corrected chi connectivity index (χ4v) is 6.62. The number of allylic oxidation sites excluding steroid dienone is 12. The van der Waals surface area contributed by atoms with Crippen LogP contribution >= 0.6 is 23.2 Å². The smallest absolute Gasteiger partial charge is 0.185 e. The second-order valence-electron chi connectivity index (χ2n) is 11.8. The zero-order valence-electron chi connectivity index (χ0n) is 24.1. The topological polar surface area (TPSA) is 23.6 Å². The van der Waals surface area contributed by atoms with Gasteiger partial charge in [-0.2, -0.15) is 0 Å². The van der Waals surface area contributed by atoms with Crippen LogP contribution in [0.2, 0.25) is 10.0 Å². The first kappa shape index (κ1) is 28.3. The molecule has 0 unspecified atom stereocenters. The maximum atomic E-state index is 13.0. The Hall–Kier alpha value is -3.27. The second-order valence-corrected chi connectivity index (χ2v) is 12.7. The van der Waals surface area contributed by atoms with Gasteiger partial charge in [0.2, 0.25) is 0 Å². The Morgan fingerprint density at radius 3 is 1.43 bits per heavy atom. The van der Waals surface area contributed by atoms with Crippen molar-refractivity contribution in [1.82, 2.24) is 0 Å². The zero-order chi connectivity index (χ0) is 28.8. The second kappa shape index (κ2) is 10.6. The highest BCUT2D eigenvalue weighted by Crippen LogP contribution is 2.48. The van der Waals surface area contributed by atoms with Gasteiger partial charge in [0.1, 0.15) is 0 Å². The van der Waals surface area contributed by atoms with Crippen LogP contribution in [0.25, 0.3) is 0 Å². The number of benzene rings is 2. The maximum Gasteiger partial charge on any atom is 0.185 e. The average molecular weight is 572 g/mol. The first-order chi connectivity index (χ1) is 18.9. The Morgan fingerprint density at radius 1 is 0.650 bits per heavy atom. The third-order valence-electron chi connectivity index (χ3n) is 8.56. The van der Waals surface area contributed by atoms with Crippen LogP contribution in [0.3, 0.4) is 0 Å². The van der Waals surface area contributed by atoms with E-state index in [1.54, 1.807) is 0 Å².